The monoisotopic (exact) mass is 210 g/mol. The van der Waals surface area contributed by atoms with Crippen molar-refractivity contribution in [2.45, 2.75) is 44.0 Å². The molecule has 1 nitrogen and oxygen atoms in total. The molecule has 2 heteroatoms. The summed E-state index contributed by atoms with van der Waals surface area (Å²) in [7, 11) is 0. The van der Waals surface area contributed by atoms with Crippen LogP contribution in [-0.4, -0.2) is 10.9 Å². The number of fused-ring (bicyclic) bond motifs is 1. The van der Waals surface area contributed by atoms with Gasteiger partial charge in [0, 0.05) is 10.7 Å². The van der Waals surface area contributed by atoms with E-state index in [0.717, 1.165) is 6.42 Å². The number of ether oxygens (including phenoxy) is 1. The van der Waals surface area contributed by atoms with E-state index in [0.29, 0.717) is 11.2 Å². The standard InChI is InChI=1S/C12H18OS/c1-9(2)10-4-5-12(3)11(8-10)14-7-6-13-12/h6-7,10-11H,1,4-5,8H2,2-3H3/t10-,11+,12+/m1/s1. The van der Waals surface area contributed by atoms with Crippen molar-refractivity contribution >= 4 is 11.8 Å². The van der Waals surface area contributed by atoms with Crippen LogP contribution in [0, 0.1) is 5.92 Å². The molecule has 2 rings (SSSR count). The van der Waals surface area contributed by atoms with E-state index in [1.54, 1.807) is 0 Å². The van der Waals surface area contributed by atoms with Gasteiger partial charge in [0.25, 0.3) is 0 Å². The Hall–Kier alpha value is -0.370. The Morgan fingerprint density at radius 1 is 1.64 bits per heavy atom. The smallest absolute Gasteiger partial charge is 0.118 e. The largest absolute Gasteiger partial charge is 0.493 e. The molecule has 0 aromatic carbocycles. The molecule has 0 N–H and O–H groups in total. The molecule has 0 unspecified atom stereocenters. The third kappa shape index (κ3) is 1.72. The zero-order valence-corrected chi connectivity index (χ0v) is 9.77. The van der Waals surface area contributed by atoms with Crippen LogP contribution in [0.3, 0.4) is 0 Å². The van der Waals surface area contributed by atoms with Crippen LogP contribution in [0.15, 0.2) is 23.8 Å². The van der Waals surface area contributed by atoms with Gasteiger partial charge < -0.3 is 4.74 Å². The average Bonchev–Trinajstić information content (AvgIpc) is 2.16. The van der Waals surface area contributed by atoms with Crippen molar-refractivity contribution in [1.82, 2.24) is 0 Å². The van der Waals surface area contributed by atoms with Gasteiger partial charge in [-0.05, 0) is 39.0 Å². The predicted molar refractivity (Wildman–Crippen MR) is 62.2 cm³/mol. The molecule has 1 aliphatic heterocycles. The molecule has 0 radical (unpaired) electrons. The zero-order valence-electron chi connectivity index (χ0n) is 8.95. The molecule has 0 amide bonds. The summed E-state index contributed by atoms with van der Waals surface area (Å²) in [6, 6.07) is 0. The molecular formula is C12H18OS. The highest BCUT2D eigenvalue weighted by Crippen LogP contribution is 2.45. The van der Waals surface area contributed by atoms with Crippen molar-refractivity contribution in [3.05, 3.63) is 23.8 Å². The van der Waals surface area contributed by atoms with E-state index in [2.05, 4.69) is 25.8 Å². The maximum atomic E-state index is 5.77. The van der Waals surface area contributed by atoms with Crippen molar-refractivity contribution < 1.29 is 4.74 Å². The fourth-order valence-corrected chi connectivity index (χ4v) is 3.45. The first-order chi connectivity index (χ1) is 6.62. The lowest BCUT2D eigenvalue weighted by atomic mass is 9.77. The van der Waals surface area contributed by atoms with Gasteiger partial charge in [0.15, 0.2) is 0 Å². The second-order valence-corrected chi connectivity index (χ2v) is 5.76. The van der Waals surface area contributed by atoms with Gasteiger partial charge in [-0.15, -0.1) is 11.8 Å². The molecule has 0 bridgehead atoms. The lowest BCUT2D eigenvalue weighted by molar-refractivity contribution is 0.00124. The Morgan fingerprint density at radius 3 is 3.14 bits per heavy atom. The first-order valence-corrected chi connectivity index (χ1v) is 6.20. The molecule has 0 spiro atoms. The van der Waals surface area contributed by atoms with E-state index in [1.165, 1.54) is 18.4 Å². The van der Waals surface area contributed by atoms with E-state index < -0.39 is 0 Å². The minimum Gasteiger partial charge on any atom is -0.493 e. The van der Waals surface area contributed by atoms with Gasteiger partial charge in [0.1, 0.15) is 5.60 Å². The van der Waals surface area contributed by atoms with E-state index in [-0.39, 0.29) is 5.60 Å². The second-order valence-electron chi connectivity index (χ2n) is 4.65. The first-order valence-electron chi connectivity index (χ1n) is 5.25. The Bertz CT molecular complexity index is 271. The highest BCUT2D eigenvalue weighted by Gasteiger charge is 2.42. The number of rotatable bonds is 1. The summed E-state index contributed by atoms with van der Waals surface area (Å²) in [5.74, 6) is 0.704. The van der Waals surface area contributed by atoms with E-state index in [4.69, 9.17) is 4.74 Å². The van der Waals surface area contributed by atoms with Crippen molar-refractivity contribution in [3.8, 4) is 0 Å². The van der Waals surface area contributed by atoms with Crippen LogP contribution in [0.1, 0.15) is 33.1 Å². The Labute approximate surface area is 90.6 Å². The van der Waals surface area contributed by atoms with Gasteiger partial charge in [-0.3, -0.25) is 0 Å². The Kier molecular flexibility index (Phi) is 2.65. The van der Waals surface area contributed by atoms with Gasteiger partial charge in [-0.2, -0.15) is 0 Å². The van der Waals surface area contributed by atoms with Crippen LogP contribution in [-0.2, 0) is 4.74 Å². The fraction of sp³-hybridized carbons (Fsp3) is 0.667. The summed E-state index contributed by atoms with van der Waals surface area (Å²) in [6.45, 7) is 8.46. The maximum absolute atomic E-state index is 5.77. The molecule has 0 saturated heterocycles. The third-order valence-electron chi connectivity index (χ3n) is 3.50. The zero-order chi connectivity index (χ0) is 10.2. The molecule has 1 heterocycles. The lowest BCUT2D eigenvalue weighted by Gasteiger charge is -2.44. The lowest BCUT2D eigenvalue weighted by Crippen LogP contribution is -2.45. The van der Waals surface area contributed by atoms with Crippen LogP contribution < -0.4 is 0 Å². The van der Waals surface area contributed by atoms with E-state index >= 15 is 0 Å². The van der Waals surface area contributed by atoms with Crippen LogP contribution in [0.5, 0.6) is 0 Å². The van der Waals surface area contributed by atoms with Crippen molar-refractivity contribution in [2.24, 2.45) is 5.92 Å². The molecule has 0 aromatic heterocycles. The summed E-state index contributed by atoms with van der Waals surface area (Å²) in [6.07, 6.45) is 5.46. The van der Waals surface area contributed by atoms with Crippen LogP contribution in [0.2, 0.25) is 0 Å². The molecule has 2 aliphatic rings. The third-order valence-corrected chi connectivity index (χ3v) is 4.79. The van der Waals surface area contributed by atoms with Crippen LogP contribution in [0.4, 0.5) is 0 Å². The van der Waals surface area contributed by atoms with Gasteiger partial charge in [0.2, 0.25) is 0 Å². The van der Waals surface area contributed by atoms with Gasteiger partial charge >= 0.3 is 0 Å². The second kappa shape index (κ2) is 3.65. The van der Waals surface area contributed by atoms with Crippen LogP contribution >= 0.6 is 11.8 Å². The molecule has 1 saturated carbocycles. The summed E-state index contributed by atoms with van der Waals surface area (Å²) in [5.41, 5.74) is 1.41. The van der Waals surface area contributed by atoms with E-state index in [1.807, 2.05) is 18.0 Å². The topological polar surface area (TPSA) is 9.23 Å². The summed E-state index contributed by atoms with van der Waals surface area (Å²) >= 11 is 1.92. The fourth-order valence-electron chi connectivity index (χ4n) is 2.34. The van der Waals surface area contributed by atoms with Crippen molar-refractivity contribution in [1.29, 1.82) is 0 Å². The SMILES string of the molecule is C=C(C)[C@@H]1CC[C@]2(C)OC=CS[C@H]2C1. The van der Waals surface area contributed by atoms with Crippen LogP contribution in [0.25, 0.3) is 0 Å². The van der Waals surface area contributed by atoms with Crippen molar-refractivity contribution in [3.63, 3.8) is 0 Å². The maximum Gasteiger partial charge on any atom is 0.118 e. The normalized spacial score (nSPS) is 41.3. The summed E-state index contributed by atoms with van der Waals surface area (Å²) < 4.78 is 5.77. The highest BCUT2D eigenvalue weighted by molar-refractivity contribution is 8.02. The quantitative estimate of drug-likeness (QED) is 0.610. The summed E-state index contributed by atoms with van der Waals surface area (Å²) in [4.78, 5) is 0. The molecule has 0 aromatic rings. The first kappa shape index (κ1) is 10.2. The Balaban J connectivity index is 2.10. The molecule has 1 aliphatic carbocycles. The number of allylic oxidation sites excluding steroid dienone is 1. The molecular weight excluding hydrogens is 192 g/mol. The predicted octanol–water partition coefficient (Wildman–Crippen LogP) is 3.72. The van der Waals surface area contributed by atoms with Crippen molar-refractivity contribution in [2.75, 3.05) is 0 Å². The highest BCUT2D eigenvalue weighted by atomic mass is 32.2. The Morgan fingerprint density at radius 2 is 2.43 bits per heavy atom. The minimum atomic E-state index is 0.0748. The molecule has 78 valence electrons. The van der Waals surface area contributed by atoms with Gasteiger partial charge in [-0.25, -0.2) is 0 Å². The van der Waals surface area contributed by atoms with Gasteiger partial charge in [-0.1, -0.05) is 12.2 Å². The average molecular weight is 210 g/mol. The number of thioether (sulfide) groups is 1. The number of hydrogen-bond donors (Lipinski definition) is 0. The van der Waals surface area contributed by atoms with Gasteiger partial charge in [0.05, 0.1) is 6.26 Å². The molecule has 3 atom stereocenters. The molecule has 14 heavy (non-hydrogen) atoms. The number of hydrogen-bond acceptors (Lipinski definition) is 2. The molecule has 1 fully saturated rings. The summed E-state index contributed by atoms with van der Waals surface area (Å²) in [5, 5.41) is 2.69. The minimum absolute atomic E-state index is 0.0748. The van der Waals surface area contributed by atoms with E-state index in [9.17, 15) is 0 Å².